The second kappa shape index (κ2) is 16.3. The molecule has 3 nitrogen and oxygen atoms in total. The molecule has 3 rings (SSSR count). The number of benzene rings is 1. The Kier molecular flexibility index (Phi) is 13.6. The monoisotopic (exact) mass is 632 g/mol. The molecule has 0 radical (unpaired) electrons. The molecule has 258 valence electrons. The van der Waals surface area contributed by atoms with E-state index >= 15 is 0 Å². The van der Waals surface area contributed by atoms with Gasteiger partial charge in [-0.25, -0.2) is 9.06 Å². The number of allylic oxidation sites excluding steroid dienone is 2. The minimum absolute atomic E-state index is 0.347. The highest BCUT2D eigenvalue weighted by atomic mass is 15.5. The molecule has 46 heavy (non-hydrogen) atoms. The van der Waals surface area contributed by atoms with E-state index in [2.05, 4.69) is 137 Å². The maximum absolute atomic E-state index is 4.98. The maximum Gasteiger partial charge on any atom is 0.205 e. The lowest BCUT2D eigenvalue weighted by Gasteiger charge is -2.46. The van der Waals surface area contributed by atoms with Gasteiger partial charge in [0.1, 0.15) is 18.8 Å². The molecule has 8 atom stereocenters. The number of hydrogen-bond donors (Lipinski definition) is 0. The second-order valence-electron chi connectivity index (χ2n) is 16.2. The molecule has 8 unspecified atom stereocenters. The molecule has 2 aliphatic rings. The van der Waals surface area contributed by atoms with E-state index in [4.69, 9.17) is 6.58 Å². The molecule has 0 heterocycles. The van der Waals surface area contributed by atoms with E-state index in [1.165, 1.54) is 48.3 Å². The largest absolute Gasteiger partial charge is 0.304 e. The van der Waals surface area contributed by atoms with E-state index in [-0.39, 0.29) is 0 Å². The first-order chi connectivity index (χ1) is 21.6. The molecule has 3 heteroatoms. The molecule has 2 fully saturated rings. The third kappa shape index (κ3) is 8.29. The summed E-state index contributed by atoms with van der Waals surface area (Å²) in [6.45, 7) is 41.3. The minimum Gasteiger partial charge on any atom is -0.304 e. The van der Waals surface area contributed by atoms with Crippen molar-refractivity contribution in [2.24, 2.45) is 41.4 Å². The Morgan fingerprint density at radius 3 is 2.15 bits per heavy atom. The third-order valence-electron chi connectivity index (χ3n) is 12.6. The molecule has 0 spiro atoms. The molecule has 2 aliphatic carbocycles. The zero-order chi connectivity index (χ0) is 34.5. The van der Waals surface area contributed by atoms with Crippen LogP contribution in [0.4, 0.5) is 5.69 Å². The first kappa shape index (κ1) is 38.3. The van der Waals surface area contributed by atoms with Crippen molar-refractivity contribution in [3.63, 3.8) is 0 Å². The molecule has 0 aliphatic heterocycles. The lowest BCUT2D eigenvalue weighted by molar-refractivity contribution is -0.533. The first-order valence-electron chi connectivity index (χ1n) is 19.1. The van der Waals surface area contributed by atoms with Crippen molar-refractivity contribution in [3.8, 4) is 0 Å². The second-order valence-corrected chi connectivity index (χ2v) is 16.2. The average Bonchev–Trinajstić information content (AvgIpc) is 3.80. The Labute approximate surface area is 286 Å². The van der Waals surface area contributed by atoms with Gasteiger partial charge in [0.05, 0.1) is 18.7 Å². The SMILES string of the molecule is C=C(C)C(=CN(CC)C(=C)[N+](C)(c1cccc(C2C(C)CC(C)C2C)c1)C(C)C(C)C(C)C)C(C(C)CC)=[N+](CCC)CC1CC1. The lowest BCUT2D eigenvalue weighted by Crippen LogP contribution is -2.57. The summed E-state index contributed by atoms with van der Waals surface area (Å²) in [6.07, 6.45) is 8.77. The summed E-state index contributed by atoms with van der Waals surface area (Å²) in [4.78, 5) is 2.47. The van der Waals surface area contributed by atoms with Crippen LogP contribution in [-0.4, -0.2) is 47.9 Å². The molecule has 0 amide bonds. The molecular weight excluding hydrogens is 558 g/mol. The van der Waals surface area contributed by atoms with Crippen LogP contribution < -0.4 is 4.48 Å². The fraction of sp³-hybridized carbons (Fsp3) is 0.698. The van der Waals surface area contributed by atoms with Crippen molar-refractivity contribution in [3.05, 3.63) is 66.2 Å². The van der Waals surface area contributed by atoms with E-state index in [1.807, 2.05) is 0 Å². The number of hydrogen-bond acceptors (Lipinski definition) is 1. The van der Waals surface area contributed by atoms with Gasteiger partial charge in [0, 0.05) is 43.0 Å². The lowest BCUT2D eigenvalue weighted by atomic mass is 9.83. The summed E-state index contributed by atoms with van der Waals surface area (Å²) >= 11 is 0. The van der Waals surface area contributed by atoms with Gasteiger partial charge in [-0.1, -0.05) is 81.0 Å². The zero-order valence-corrected chi connectivity index (χ0v) is 32.5. The van der Waals surface area contributed by atoms with Crippen molar-refractivity contribution in [1.82, 2.24) is 9.38 Å². The van der Waals surface area contributed by atoms with Gasteiger partial charge in [0.25, 0.3) is 0 Å². The fourth-order valence-corrected chi connectivity index (χ4v) is 8.42. The molecule has 1 aromatic carbocycles. The van der Waals surface area contributed by atoms with Gasteiger partial charge in [-0.2, -0.15) is 0 Å². The Hall–Kier alpha value is -2.13. The van der Waals surface area contributed by atoms with Gasteiger partial charge in [-0.3, -0.25) is 0 Å². The van der Waals surface area contributed by atoms with Crippen LogP contribution in [-0.2, 0) is 0 Å². The molecule has 0 N–H and O–H groups in total. The minimum atomic E-state index is 0.347. The van der Waals surface area contributed by atoms with Gasteiger partial charge in [-0.15, -0.1) is 0 Å². The Bertz CT molecular complexity index is 1250. The van der Waals surface area contributed by atoms with Crippen molar-refractivity contribution in [2.75, 3.05) is 26.7 Å². The van der Waals surface area contributed by atoms with Crippen LogP contribution in [0.1, 0.15) is 127 Å². The summed E-state index contributed by atoms with van der Waals surface area (Å²) in [5.41, 5.74) is 6.80. The van der Waals surface area contributed by atoms with E-state index < -0.39 is 0 Å². The molecule has 0 aromatic heterocycles. The highest BCUT2D eigenvalue weighted by Gasteiger charge is 2.43. The topological polar surface area (TPSA) is 6.25 Å². The number of quaternary nitrogens is 1. The zero-order valence-electron chi connectivity index (χ0n) is 32.5. The summed E-state index contributed by atoms with van der Waals surface area (Å²) in [7, 11) is 2.43. The third-order valence-corrected chi connectivity index (χ3v) is 12.6. The van der Waals surface area contributed by atoms with Crippen LogP contribution in [0.5, 0.6) is 0 Å². The summed E-state index contributed by atoms with van der Waals surface area (Å²) < 4.78 is 3.42. The van der Waals surface area contributed by atoms with E-state index in [0.29, 0.717) is 46.0 Å². The summed E-state index contributed by atoms with van der Waals surface area (Å²) in [5, 5.41) is 0. The Balaban J connectivity index is 2.21. The highest BCUT2D eigenvalue weighted by molar-refractivity contribution is 6.01. The Morgan fingerprint density at radius 1 is 1.02 bits per heavy atom. The quantitative estimate of drug-likeness (QED) is 0.0717. The van der Waals surface area contributed by atoms with E-state index in [0.717, 1.165) is 49.2 Å². The van der Waals surface area contributed by atoms with Gasteiger partial charge in [-0.05, 0) is 99.8 Å². The normalized spacial score (nSPS) is 25.9. The van der Waals surface area contributed by atoms with Gasteiger partial charge in [0.2, 0.25) is 5.82 Å². The van der Waals surface area contributed by atoms with Crippen molar-refractivity contribution in [2.45, 2.75) is 127 Å². The maximum atomic E-state index is 4.98. The molecule has 1 aromatic rings. The van der Waals surface area contributed by atoms with Crippen LogP contribution in [0.25, 0.3) is 0 Å². The highest BCUT2D eigenvalue weighted by Crippen LogP contribution is 2.48. The molecule has 0 saturated heterocycles. The van der Waals surface area contributed by atoms with Crippen LogP contribution in [0, 0.1) is 41.4 Å². The molecule has 0 bridgehead atoms. The standard InChI is InChI=1S/C43H73N3/c1-16-24-45(27-38-22-23-38)43(31(8)17-2)41(30(6)7)28-44(18-3)37(14)46(15,36(13)34(11)29(4)5)40-21-19-20-39(26-40)42-33(10)25-32(9)35(42)12/h19-21,26,28-29,31-36,38,42H,6,14,16-18,22-25,27H2,1-5,7-13,15H3/q+2. The van der Waals surface area contributed by atoms with Crippen molar-refractivity contribution >= 4 is 11.4 Å². The van der Waals surface area contributed by atoms with Gasteiger partial charge in [0.15, 0.2) is 5.71 Å². The summed E-state index contributed by atoms with van der Waals surface area (Å²) in [5.74, 6) is 6.32. The smallest absolute Gasteiger partial charge is 0.205 e. The fourth-order valence-electron chi connectivity index (χ4n) is 8.42. The average molecular weight is 632 g/mol. The first-order valence-corrected chi connectivity index (χ1v) is 19.1. The van der Waals surface area contributed by atoms with Crippen LogP contribution >= 0.6 is 0 Å². The van der Waals surface area contributed by atoms with E-state index in [9.17, 15) is 0 Å². The number of rotatable bonds is 17. The summed E-state index contributed by atoms with van der Waals surface area (Å²) in [6, 6.07) is 10.00. The Morgan fingerprint density at radius 2 is 1.67 bits per heavy atom. The van der Waals surface area contributed by atoms with Crippen LogP contribution in [0.15, 0.2) is 60.6 Å². The number of nitrogens with zero attached hydrogens (tertiary/aromatic N) is 3. The van der Waals surface area contributed by atoms with Gasteiger partial charge >= 0.3 is 0 Å². The molecular formula is C43H73N3+2. The van der Waals surface area contributed by atoms with Gasteiger partial charge < -0.3 is 4.90 Å². The van der Waals surface area contributed by atoms with Crippen LogP contribution in [0.2, 0.25) is 0 Å². The predicted octanol–water partition coefficient (Wildman–Crippen LogP) is 11.3. The molecule has 2 saturated carbocycles. The van der Waals surface area contributed by atoms with Crippen LogP contribution in [0.3, 0.4) is 0 Å². The van der Waals surface area contributed by atoms with E-state index in [1.54, 1.807) is 0 Å². The van der Waals surface area contributed by atoms with Crippen molar-refractivity contribution in [1.29, 1.82) is 0 Å². The predicted molar refractivity (Wildman–Crippen MR) is 204 cm³/mol. The van der Waals surface area contributed by atoms with Crippen molar-refractivity contribution < 1.29 is 4.58 Å².